The molecule has 1 fully saturated rings. The second-order valence-electron chi connectivity index (χ2n) is 23.8. The molecule has 0 heterocycles. The van der Waals surface area contributed by atoms with Gasteiger partial charge in [0.1, 0.15) is 24.7 Å². The van der Waals surface area contributed by atoms with Crippen LogP contribution in [0.2, 0.25) is 0 Å². The van der Waals surface area contributed by atoms with Gasteiger partial charge < -0.3 is 39.1 Å². The van der Waals surface area contributed by atoms with Crippen molar-refractivity contribution in [2.45, 2.75) is 226 Å². The summed E-state index contributed by atoms with van der Waals surface area (Å²) in [6, 6.07) is 15.8. The van der Waals surface area contributed by atoms with Crippen molar-refractivity contribution in [3.8, 4) is 11.5 Å². The van der Waals surface area contributed by atoms with Crippen molar-refractivity contribution in [2.75, 3.05) is 46.6 Å². The molecule has 0 aliphatic heterocycles. The lowest BCUT2D eigenvalue weighted by Gasteiger charge is -2.44. The van der Waals surface area contributed by atoms with E-state index >= 15 is 0 Å². The predicted molar refractivity (Wildman–Crippen MR) is 327 cm³/mol. The summed E-state index contributed by atoms with van der Waals surface area (Å²) in [7, 11) is 1.41. The van der Waals surface area contributed by atoms with Crippen LogP contribution < -0.4 is 20.1 Å². The Kier molecular flexibility index (Phi) is 36.4. The summed E-state index contributed by atoms with van der Waals surface area (Å²) in [5.74, 6) is 3.71. The molecular formula is C69H108N2O10. The number of hydrogen-bond donors (Lipinski definition) is 2. The fraction of sp³-hybridized carbons (Fsp3) is 0.681. The van der Waals surface area contributed by atoms with E-state index in [1.54, 1.807) is 13.8 Å². The van der Waals surface area contributed by atoms with Gasteiger partial charge in [-0.2, -0.15) is 0 Å². The lowest BCUT2D eigenvalue weighted by atomic mass is 9.61. The van der Waals surface area contributed by atoms with Crippen molar-refractivity contribution in [3.05, 3.63) is 97.8 Å². The molecule has 0 spiro atoms. The van der Waals surface area contributed by atoms with E-state index in [1.807, 2.05) is 55.5 Å². The molecule has 0 bridgehead atoms. The normalized spacial score (nSPS) is 16.8. The van der Waals surface area contributed by atoms with Crippen molar-refractivity contribution < 1.29 is 47.6 Å². The van der Waals surface area contributed by atoms with E-state index < -0.39 is 24.1 Å². The first-order valence-corrected chi connectivity index (χ1v) is 31.4. The summed E-state index contributed by atoms with van der Waals surface area (Å²) in [5, 5.41) is 5.68. The molecule has 0 aromatic heterocycles. The lowest BCUT2D eigenvalue weighted by Crippen LogP contribution is -2.36. The number of unbranched alkanes of at least 4 members (excludes halogenated alkanes) is 18. The first-order chi connectivity index (χ1) is 39.1. The van der Waals surface area contributed by atoms with Crippen LogP contribution in [0.3, 0.4) is 0 Å². The van der Waals surface area contributed by atoms with E-state index in [1.165, 1.54) is 129 Å². The average Bonchev–Trinajstić information content (AvgIpc) is 3.48. The molecule has 1 saturated carbocycles. The molecule has 2 aromatic carbocycles. The maximum Gasteiger partial charge on any atom is 0.407 e. The molecule has 0 saturated heterocycles. The van der Waals surface area contributed by atoms with Crippen molar-refractivity contribution in [1.29, 1.82) is 0 Å². The van der Waals surface area contributed by atoms with Gasteiger partial charge in [-0.1, -0.05) is 187 Å². The average molecular weight is 1130 g/mol. The standard InChI is InChI=1S/C69H108N2O10/c1-11-13-15-22-29-35-63-56(33-27-14-12-2)37-38-57(34-28-23-18-16-20-25-31-47-70-67(74)76-10)64(63)36-30-24-19-17-21-26-32-48-71-68(75)81-62(52-80-66(73)54(5)6)51-78-61-45-41-59(42-46-61)69(8,9)58-39-43-60(44-40-58)77-49-55(7)50-79-65(72)53(3)4/h1-2,39-46,55-57,62-64H,3,5,11-38,47-52H2,4,6-10H3,(H,70,74)(H,71,75). The number of carbonyl (C=O) groups is 4. The molecule has 2 aromatic rings. The second-order valence-corrected chi connectivity index (χ2v) is 23.8. The molecule has 6 unspecified atom stereocenters. The SMILES string of the molecule is [CH]CCCCCCC1C(CCCC[CH])CCC(CCCCCCCCCNC(=O)OC)C1CCCCCCCCCNC(=O)OC(COC(=O)C(=C)C)COc1ccc(C(C)(C)c2ccc(OCC(C)COC(=O)C(=C)C)cc2)cc1. The quantitative estimate of drug-likeness (QED) is 0.0284. The molecule has 6 atom stereocenters. The van der Waals surface area contributed by atoms with Gasteiger partial charge in [-0.3, -0.25) is 0 Å². The molecule has 1 aliphatic rings. The maximum atomic E-state index is 13.0. The zero-order valence-corrected chi connectivity index (χ0v) is 51.3. The van der Waals surface area contributed by atoms with Crippen LogP contribution in [0.5, 0.6) is 11.5 Å². The third kappa shape index (κ3) is 29.7. The molecule has 2 N–H and O–H groups in total. The van der Waals surface area contributed by atoms with Gasteiger partial charge in [0.2, 0.25) is 0 Å². The van der Waals surface area contributed by atoms with E-state index in [2.05, 4.69) is 42.4 Å². The van der Waals surface area contributed by atoms with Gasteiger partial charge in [0.05, 0.1) is 20.3 Å². The van der Waals surface area contributed by atoms with Crippen molar-refractivity contribution in [1.82, 2.24) is 10.6 Å². The van der Waals surface area contributed by atoms with E-state index in [0.717, 1.165) is 98.3 Å². The van der Waals surface area contributed by atoms with Crippen molar-refractivity contribution in [3.63, 3.8) is 0 Å². The Morgan fingerprint density at radius 1 is 0.531 bits per heavy atom. The first-order valence-electron chi connectivity index (χ1n) is 31.4. The van der Waals surface area contributed by atoms with E-state index in [0.29, 0.717) is 31.0 Å². The van der Waals surface area contributed by atoms with Gasteiger partial charge in [0.25, 0.3) is 0 Å². The Hall–Kier alpha value is -5.00. The Labute approximate surface area is 491 Å². The largest absolute Gasteiger partial charge is 0.493 e. The summed E-state index contributed by atoms with van der Waals surface area (Å²) in [4.78, 5) is 48.4. The van der Waals surface area contributed by atoms with Gasteiger partial charge in [-0.25, -0.2) is 19.2 Å². The molecule has 454 valence electrons. The number of amides is 2. The summed E-state index contributed by atoms with van der Waals surface area (Å²) in [5.41, 5.74) is 2.47. The summed E-state index contributed by atoms with van der Waals surface area (Å²) in [6.45, 7) is 30.3. The fourth-order valence-electron chi connectivity index (χ4n) is 11.4. The monoisotopic (exact) mass is 1120 g/mol. The number of methoxy groups -OCH3 is 1. The zero-order valence-electron chi connectivity index (χ0n) is 51.3. The molecule has 81 heavy (non-hydrogen) atoms. The molecule has 2 amide bonds. The van der Waals surface area contributed by atoms with Crippen LogP contribution in [0.1, 0.15) is 226 Å². The fourth-order valence-corrected chi connectivity index (χ4v) is 11.4. The van der Waals surface area contributed by atoms with Crippen LogP contribution in [-0.2, 0) is 34.0 Å². The molecule has 4 radical (unpaired) electrons. The van der Waals surface area contributed by atoms with E-state index in [9.17, 15) is 19.2 Å². The lowest BCUT2D eigenvalue weighted by molar-refractivity contribution is -0.142. The molecular weight excluding hydrogens is 1020 g/mol. The zero-order chi connectivity index (χ0) is 59.1. The smallest absolute Gasteiger partial charge is 0.407 e. The van der Waals surface area contributed by atoms with Crippen LogP contribution in [-0.4, -0.2) is 76.9 Å². The van der Waals surface area contributed by atoms with Gasteiger partial charge in [0, 0.05) is 35.6 Å². The minimum absolute atomic E-state index is 0.00918. The maximum absolute atomic E-state index is 13.0. The minimum Gasteiger partial charge on any atom is -0.493 e. The Balaban J connectivity index is 1.44. The number of alkyl carbamates (subject to hydrolysis) is 2. The topological polar surface area (TPSA) is 148 Å². The number of benzene rings is 2. The van der Waals surface area contributed by atoms with Crippen LogP contribution in [0.25, 0.3) is 0 Å². The highest BCUT2D eigenvalue weighted by Crippen LogP contribution is 2.48. The number of hydrogen-bond acceptors (Lipinski definition) is 10. The number of ether oxygens (including phenoxy) is 6. The third-order valence-electron chi connectivity index (χ3n) is 16.4. The van der Waals surface area contributed by atoms with Crippen LogP contribution in [0, 0.1) is 43.4 Å². The summed E-state index contributed by atoms with van der Waals surface area (Å²) < 4.78 is 33.1. The van der Waals surface area contributed by atoms with E-state index in [-0.39, 0.29) is 42.8 Å². The number of carbonyl (C=O) groups excluding carboxylic acids is 4. The second kappa shape index (κ2) is 41.9. The minimum atomic E-state index is -0.835. The highest BCUT2D eigenvalue weighted by Gasteiger charge is 2.38. The summed E-state index contributed by atoms with van der Waals surface area (Å²) in [6.07, 6.45) is 32.1. The molecule has 1 aliphatic carbocycles. The summed E-state index contributed by atoms with van der Waals surface area (Å²) >= 11 is 0. The molecule has 12 nitrogen and oxygen atoms in total. The van der Waals surface area contributed by atoms with E-state index in [4.69, 9.17) is 37.5 Å². The van der Waals surface area contributed by atoms with Gasteiger partial charge in [0.15, 0.2) is 6.10 Å². The predicted octanol–water partition coefficient (Wildman–Crippen LogP) is 16.9. The molecule has 12 heteroatoms. The van der Waals surface area contributed by atoms with Crippen LogP contribution in [0.4, 0.5) is 9.59 Å². The van der Waals surface area contributed by atoms with Gasteiger partial charge in [-0.15, -0.1) is 0 Å². The van der Waals surface area contributed by atoms with Crippen LogP contribution >= 0.6 is 0 Å². The number of esters is 2. The van der Waals surface area contributed by atoms with Gasteiger partial charge in [-0.05, 0) is 138 Å². The Morgan fingerprint density at radius 2 is 0.914 bits per heavy atom. The first kappa shape index (κ1) is 70.3. The highest BCUT2D eigenvalue weighted by molar-refractivity contribution is 5.87. The number of nitrogens with one attached hydrogen (secondary N) is 2. The Bertz CT molecular complexity index is 2050. The van der Waals surface area contributed by atoms with Crippen molar-refractivity contribution >= 4 is 24.1 Å². The van der Waals surface area contributed by atoms with Crippen LogP contribution in [0.15, 0.2) is 72.8 Å². The third-order valence-corrected chi connectivity index (χ3v) is 16.4. The Morgan fingerprint density at radius 3 is 1.37 bits per heavy atom. The van der Waals surface area contributed by atoms with Gasteiger partial charge >= 0.3 is 24.1 Å². The number of rotatable bonds is 45. The van der Waals surface area contributed by atoms with Crippen molar-refractivity contribution in [2.24, 2.45) is 29.6 Å². The molecule has 3 rings (SSSR count). The highest BCUT2D eigenvalue weighted by atomic mass is 16.6.